The molecule has 0 spiro atoms. The number of para-hydroxylation sites is 1. The van der Waals surface area contributed by atoms with Crippen LogP contribution in [0.5, 0.6) is 0 Å². The van der Waals surface area contributed by atoms with Crippen molar-refractivity contribution in [3.8, 4) is 0 Å². The number of pyridine rings is 2. The summed E-state index contributed by atoms with van der Waals surface area (Å²) in [5, 5.41) is 4.45. The van der Waals surface area contributed by atoms with E-state index in [1.165, 1.54) is 0 Å². The molecule has 1 aliphatic heterocycles. The molecule has 0 radical (unpaired) electrons. The van der Waals surface area contributed by atoms with Gasteiger partial charge in [-0.1, -0.05) is 24.3 Å². The van der Waals surface area contributed by atoms with Crippen molar-refractivity contribution in [3.63, 3.8) is 0 Å². The number of anilines is 2. The molecule has 4 aromatic rings. The van der Waals surface area contributed by atoms with Crippen molar-refractivity contribution < 1.29 is 4.79 Å². The van der Waals surface area contributed by atoms with E-state index in [1.807, 2.05) is 60.6 Å². The van der Waals surface area contributed by atoms with E-state index in [1.54, 1.807) is 6.20 Å². The standard InChI is InChI=1S/C26H27N5O/c1-18-6-4-12-27-26(18)30-21-10-11-23(29-16-21)19-7-5-13-31(17-19)25(32)14-20-15-28-24-9-3-2-8-22(20)24/h2-4,6,8-12,15-16,19,28H,5,7,13-14,17H2,1H3,(H,27,30). The van der Waals surface area contributed by atoms with Gasteiger partial charge in [-0.15, -0.1) is 0 Å². The molecule has 162 valence electrons. The van der Waals surface area contributed by atoms with Gasteiger partial charge in [0.15, 0.2) is 0 Å². The fourth-order valence-electron chi connectivity index (χ4n) is 4.47. The Hall–Kier alpha value is -3.67. The summed E-state index contributed by atoms with van der Waals surface area (Å²) in [5.74, 6) is 1.29. The molecule has 0 bridgehead atoms. The Morgan fingerprint density at radius 3 is 2.91 bits per heavy atom. The first-order chi connectivity index (χ1) is 15.7. The highest BCUT2D eigenvalue weighted by molar-refractivity contribution is 5.89. The number of aromatic nitrogens is 3. The molecule has 1 saturated heterocycles. The lowest BCUT2D eigenvalue weighted by Gasteiger charge is -2.32. The van der Waals surface area contributed by atoms with E-state index >= 15 is 0 Å². The molecule has 32 heavy (non-hydrogen) atoms. The summed E-state index contributed by atoms with van der Waals surface area (Å²) in [6, 6.07) is 16.2. The molecule has 6 heteroatoms. The van der Waals surface area contributed by atoms with Crippen LogP contribution in [0, 0.1) is 6.92 Å². The molecular formula is C26H27N5O. The van der Waals surface area contributed by atoms with Crippen LogP contribution >= 0.6 is 0 Å². The average molecular weight is 426 g/mol. The second kappa shape index (κ2) is 8.83. The number of fused-ring (bicyclic) bond motifs is 1. The van der Waals surface area contributed by atoms with Crippen molar-refractivity contribution in [3.05, 3.63) is 83.9 Å². The number of hydrogen-bond donors (Lipinski definition) is 2. The number of nitrogens with zero attached hydrogens (tertiary/aromatic N) is 3. The first kappa shape index (κ1) is 20.2. The van der Waals surface area contributed by atoms with Crippen molar-refractivity contribution in [2.75, 3.05) is 18.4 Å². The van der Waals surface area contributed by atoms with Crippen LogP contribution in [0.15, 0.2) is 67.1 Å². The highest BCUT2D eigenvalue weighted by Crippen LogP contribution is 2.28. The summed E-state index contributed by atoms with van der Waals surface area (Å²) in [6.45, 7) is 3.57. The van der Waals surface area contributed by atoms with Gasteiger partial charge in [-0.3, -0.25) is 9.78 Å². The molecule has 6 nitrogen and oxygen atoms in total. The number of H-pyrrole nitrogens is 1. The maximum atomic E-state index is 13.0. The van der Waals surface area contributed by atoms with Gasteiger partial charge in [0.1, 0.15) is 5.82 Å². The van der Waals surface area contributed by atoms with Crippen molar-refractivity contribution in [1.82, 2.24) is 19.9 Å². The van der Waals surface area contributed by atoms with E-state index in [0.717, 1.165) is 65.2 Å². The molecule has 0 aliphatic carbocycles. The Morgan fingerprint density at radius 1 is 1.16 bits per heavy atom. The lowest BCUT2D eigenvalue weighted by atomic mass is 9.93. The van der Waals surface area contributed by atoms with Crippen molar-refractivity contribution in [2.24, 2.45) is 0 Å². The number of carbonyl (C=O) groups excluding carboxylic acids is 1. The zero-order chi connectivity index (χ0) is 21.9. The molecule has 1 atom stereocenters. The molecule has 1 unspecified atom stereocenters. The van der Waals surface area contributed by atoms with Gasteiger partial charge in [0.25, 0.3) is 0 Å². The number of piperidine rings is 1. The summed E-state index contributed by atoms with van der Waals surface area (Å²) >= 11 is 0. The van der Waals surface area contributed by atoms with Crippen molar-refractivity contribution in [2.45, 2.75) is 32.1 Å². The Bertz CT molecular complexity index is 1230. The first-order valence-corrected chi connectivity index (χ1v) is 11.1. The largest absolute Gasteiger partial charge is 0.361 e. The topological polar surface area (TPSA) is 73.9 Å². The van der Waals surface area contributed by atoms with Crippen LogP contribution in [-0.4, -0.2) is 38.8 Å². The Balaban J connectivity index is 1.24. The van der Waals surface area contributed by atoms with Crippen molar-refractivity contribution in [1.29, 1.82) is 0 Å². The minimum atomic E-state index is 0.184. The number of carbonyl (C=O) groups is 1. The van der Waals surface area contributed by atoms with Crippen LogP contribution in [0.25, 0.3) is 10.9 Å². The van der Waals surface area contributed by atoms with Gasteiger partial charge in [0, 0.05) is 48.0 Å². The third kappa shape index (κ3) is 4.21. The molecule has 2 N–H and O–H groups in total. The molecule has 0 saturated carbocycles. The summed E-state index contributed by atoms with van der Waals surface area (Å²) in [5.41, 5.74) is 5.18. The smallest absolute Gasteiger partial charge is 0.227 e. The highest BCUT2D eigenvalue weighted by atomic mass is 16.2. The molecule has 1 aromatic carbocycles. The van der Waals surface area contributed by atoms with E-state index in [0.29, 0.717) is 6.42 Å². The van der Waals surface area contributed by atoms with Crippen LogP contribution in [0.1, 0.15) is 35.6 Å². The molecule has 1 amide bonds. The SMILES string of the molecule is Cc1cccnc1Nc1ccc(C2CCCN(C(=O)Cc3c[nH]c4ccccc34)C2)nc1. The number of rotatable bonds is 5. The van der Waals surface area contributed by atoms with Crippen molar-refractivity contribution >= 4 is 28.3 Å². The molecule has 5 rings (SSSR count). The fourth-order valence-corrected chi connectivity index (χ4v) is 4.47. The number of hydrogen-bond acceptors (Lipinski definition) is 4. The third-order valence-electron chi connectivity index (χ3n) is 6.27. The maximum Gasteiger partial charge on any atom is 0.227 e. The molecule has 1 aliphatic rings. The first-order valence-electron chi connectivity index (χ1n) is 11.1. The van der Waals surface area contributed by atoms with Gasteiger partial charge in [0.05, 0.1) is 18.3 Å². The molecule has 1 fully saturated rings. The maximum absolute atomic E-state index is 13.0. The summed E-state index contributed by atoms with van der Waals surface area (Å²) < 4.78 is 0. The third-order valence-corrected chi connectivity index (χ3v) is 6.27. The summed E-state index contributed by atoms with van der Waals surface area (Å²) in [4.78, 5) is 27.4. The number of aromatic amines is 1. The molecule has 4 heterocycles. The normalized spacial score (nSPS) is 16.3. The van der Waals surface area contributed by atoms with Gasteiger partial charge in [-0.2, -0.15) is 0 Å². The lowest BCUT2D eigenvalue weighted by Crippen LogP contribution is -2.40. The Kier molecular flexibility index (Phi) is 5.58. The lowest BCUT2D eigenvalue weighted by molar-refractivity contribution is -0.131. The zero-order valence-corrected chi connectivity index (χ0v) is 18.2. The van der Waals surface area contributed by atoms with Gasteiger partial charge in [0.2, 0.25) is 5.91 Å². The summed E-state index contributed by atoms with van der Waals surface area (Å²) in [7, 11) is 0. The second-order valence-electron chi connectivity index (χ2n) is 8.48. The van der Waals surface area contributed by atoms with Gasteiger partial charge in [-0.25, -0.2) is 4.98 Å². The fraction of sp³-hybridized carbons (Fsp3) is 0.269. The second-order valence-corrected chi connectivity index (χ2v) is 8.48. The number of likely N-dealkylation sites (tertiary alicyclic amines) is 1. The van der Waals surface area contributed by atoms with Crippen LogP contribution < -0.4 is 5.32 Å². The predicted octanol–water partition coefficient (Wildman–Crippen LogP) is 4.96. The van der Waals surface area contributed by atoms with Crippen LogP contribution in [0.4, 0.5) is 11.5 Å². The Morgan fingerprint density at radius 2 is 2.06 bits per heavy atom. The number of nitrogens with one attached hydrogen (secondary N) is 2. The molecule has 3 aromatic heterocycles. The minimum Gasteiger partial charge on any atom is -0.361 e. The number of amides is 1. The van der Waals surface area contributed by atoms with Crippen LogP contribution in [-0.2, 0) is 11.2 Å². The average Bonchev–Trinajstić information content (AvgIpc) is 3.24. The quantitative estimate of drug-likeness (QED) is 0.474. The predicted molar refractivity (Wildman–Crippen MR) is 127 cm³/mol. The Labute approximate surface area is 187 Å². The van der Waals surface area contributed by atoms with Crippen LogP contribution in [0.3, 0.4) is 0 Å². The van der Waals surface area contributed by atoms with E-state index in [9.17, 15) is 4.79 Å². The highest BCUT2D eigenvalue weighted by Gasteiger charge is 2.26. The van der Waals surface area contributed by atoms with Gasteiger partial charge >= 0.3 is 0 Å². The summed E-state index contributed by atoms with van der Waals surface area (Å²) in [6.07, 6.45) is 8.07. The van der Waals surface area contributed by atoms with E-state index in [4.69, 9.17) is 4.98 Å². The van der Waals surface area contributed by atoms with Crippen LogP contribution in [0.2, 0.25) is 0 Å². The van der Waals surface area contributed by atoms with Gasteiger partial charge in [-0.05, 0) is 55.2 Å². The van der Waals surface area contributed by atoms with Gasteiger partial charge < -0.3 is 15.2 Å². The minimum absolute atomic E-state index is 0.184. The molecular weight excluding hydrogens is 398 g/mol. The number of benzene rings is 1. The van der Waals surface area contributed by atoms with E-state index < -0.39 is 0 Å². The number of aryl methyl sites for hydroxylation is 1. The van der Waals surface area contributed by atoms with E-state index in [-0.39, 0.29) is 11.8 Å². The zero-order valence-electron chi connectivity index (χ0n) is 18.2. The monoisotopic (exact) mass is 425 g/mol. The van der Waals surface area contributed by atoms with E-state index in [2.05, 4.69) is 27.4 Å².